The molecular weight excluding hydrogens is 380 g/mol. The lowest BCUT2D eigenvalue weighted by molar-refractivity contribution is 0.0951. The Morgan fingerprint density at radius 2 is 1.75 bits per heavy atom. The number of hydrogen-bond donors (Lipinski definition) is 1. The van der Waals surface area contributed by atoms with Gasteiger partial charge in [-0.2, -0.15) is 0 Å². The maximum absolute atomic E-state index is 12.4. The zero-order chi connectivity index (χ0) is 19.6. The second-order valence-corrected chi connectivity index (χ2v) is 8.82. The van der Waals surface area contributed by atoms with Gasteiger partial charge in [-0.05, 0) is 54.8 Å². The third kappa shape index (κ3) is 3.91. The summed E-state index contributed by atoms with van der Waals surface area (Å²) in [5.74, 6) is 1.35. The first-order valence-corrected chi connectivity index (χ1v) is 10.9. The maximum atomic E-state index is 12.4. The van der Waals surface area contributed by atoms with Gasteiger partial charge in [0.05, 0.1) is 11.4 Å². The predicted molar refractivity (Wildman–Crippen MR) is 105 cm³/mol. The number of fused-ring (bicyclic) bond motifs is 1. The largest absolute Gasteiger partial charge is 0.486 e. The highest BCUT2D eigenvalue weighted by molar-refractivity contribution is 7.92. The van der Waals surface area contributed by atoms with Gasteiger partial charge in [0.15, 0.2) is 11.5 Å². The van der Waals surface area contributed by atoms with E-state index in [9.17, 15) is 13.2 Å². The molecule has 8 heteroatoms. The van der Waals surface area contributed by atoms with Crippen LogP contribution >= 0.6 is 0 Å². The van der Waals surface area contributed by atoms with Crippen LogP contribution in [0.25, 0.3) is 0 Å². The van der Waals surface area contributed by atoms with Gasteiger partial charge in [0.25, 0.3) is 5.91 Å². The molecule has 2 aromatic rings. The van der Waals surface area contributed by atoms with Gasteiger partial charge in [-0.15, -0.1) is 0 Å². The minimum absolute atomic E-state index is 0.171. The summed E-state index contributed by atoms with van der Waals surface area (Å²) in [6.45, 7) is 1.90. The summed E-state index contributed by atoms with van der Waals surface area (Å²) in [5, 5.41) is 2.87. The second-order valence-electron chi connectivity index (χ2n) is 6.80. The maximum Gasteiger partial charge on any atom is 0.251 e. The van der Waals surface area contributed by atoms with Crippen LogP contribution in [-0.2, 0) is 16.6 Å². The summed E-state index contributed by atoms with van der Waals surface area (Å²) in [6, 6.07) is 12.3. The monoisotopic (exact) mass is 402 g/mol. The van der Waals surface area contributed by atoms with Gasteiger partial charge >= 0.3 is 0 Å². The first-order valence-electron chi connectivity index (χ1n) is 9.30. The molecule has 0 radical (unpaired) electrons. The van der Waals surface area contributed by atoms with Gasteiger partial charge < -0.3 is 14.8 Å². The number of hydrogen-bond acceptors (Lipinski definition) is 5. The number of rotatable bonds is 4. The van der Waals surface area contributed by atoms with E-state index < -0.39 is 10.0 Å². The number of nitrogens with one attached hydrogen (secondary N) is 1. The molecule has 1 N–H and O–H groups in total. The van der Waals surface area contributed by atoms with Crippen molar-refractivity contribution in [2.45, 2.75) is 19.4 Å². The van der Waals surface area contributed by atoms with E-state index in [1.54, 1.807) is 24.3 Å². The zero-order valence-corrected chi connectivity index (χ0v) is 16.2. The van der Waals surface area contributed by atoms with Crippen molar-refractivity contribution in [3.8, 4) is 11.5 Å². The zero-order valence-electron chi connectivity index (χ0n) is 15.4. The molecule has 1 fully saturated rings. The molecule has 2 aromatic carbocycles. The lowest BCUT2D eigenvalue weighted by atomic mass is 10.1. The molecule has 0 aromatic heterocycles. The van der Waals surface area contributed by atoms with Crippen LogP contribution in [0.15, 0.2) is 42.5 Å². The number of amides is 1. The van der Waals surface area contributed by atoms with Gasteiger partial charge in [0.1, 0.15) is 13.2 Å². The standard InChI is InChI=1S/C20H22N2O5S/c23-20(21-14-15-3-8-18-19(13-15)27-11-10-26-18)16-4-6-17(7-5-16)22-9-1-2-12-28(22,24)25/h3-8,13H,1-2,9-12,14H2,(H,21,23). The number of carbonyl (C=O) groups excluding carboxylic acids is 1. The SMILES string of the molecule is O=C(NCc1ccc2c(c1)OCCO2)c1ccc(N2CCCCS2(=O)=O)cc1. The summed E-state index contributed by atoms with van der Waals surface area (Å²) in [5.41, 5.74) is 1.99. The van der Waals surface area contributed by atoms with Gasteiger partial charge in [0, 0.05) is 18.7 Å². The number of benzene rings is 2. The van der Waals surface area contributed by atoms with Gasteiger partial charge in [-0.3, -0.25) is 9.10 Å². The van der Waals surface area contributed by atoms with E-state index in [0.29, 0.717) is 55.5 Å². The molecule has 148 valence electrons. The summed E-state index contributed by atoms with van der Waals surface area (Å²) < 4.78 is 36.8. The van der Waals surface area contributed by atoms with Crippen LogP contribution in [0, 0.1) is 0 Å². The highest BCUT2D eigenvalue weighted by atomic mass is 32.2. The van der Waals surface area contributed by atoms with Crippen molar-refractivity contribution in [2.24, 2.45) is 0 Å². The Balaban J connectivity index is 1.40. The Morgan fingerprint density at radius 3 is 2.50 bits per heavy atom. The molecule has 0 aliphatic carbocycles. The Kier molecular flexibility index (Phi) is 5.13. The lowest BCUT2D eigenvalue weighted by Gasteiger charge is -2.28. The fraction of sp³-hybridized carbons (Fsp3) is 0.350. The highest BCUT2D eigenvalue weighted by Crippen LogP contribution is 2.30. The van der Waals surface area contributed by atoms with Crippen LogP contribution < -0.4 is 19.1 Å². The molecular formula is C20H22N2O5S. The van der Waals surface area contributed by atoms with E-state index in [1.165, 1.54) is 4.31 Å². The average Bonchev–Trinajstić information content (AvgIpc) is 2.72. The number of anilines is 1. The van der Waals surface area contributed by atoms with Crippen LogP contribution in [0.5, 0.6) is 11.5 Å². The predicted octanol–water partition coefficient (Wildman–Crippen LogP) is 2.32. The smallest absolute Gasteiger partial charge is 0.251 e. The minimum atomic E-state index is -3.25. The van der Waals surface area contributed by atoms with Crippen LogP contribution in [-0.4, -0.2) is 39.8 Å². The molecule has 0 spiro atoms. The van der Waals surface area contributed by atoms with Crippen LogP contribution in [0.4, 0.5) is 5.69 Å². The molecule has 0 atom stereocenters. The quantitative estimate of drug-likeness (QED) is 0.848. The second kappa shape index (κ2) is 7.71. The number of carbonyl (C=O) groups is 1. The fourth-order valence-corrected chi connectivity index (χ4v) is 4.98. The summed E-state index contributed by atoms with van der Waals surface area (Å²) >= 11 is 0. The minimum Gasteiger partial charge on any atom is -0.486 e. The lowest BCUT2D eigenvalue weighted by Crippen LogP contribution is -2.37. The molecule has 7 nitrogen and oxygen atoms in total. The van der Waals surface area contributed by atoms with Crippen LogP contribution in [0.1, 0.15) is 28.8 Å². The third-order valence-electron chi connectivity index (χ3n) is 4.83. The van der Waals surface area contributed by atoms with E-state index in [1.807, 2.05) is 18.2 Å². The van der Waals surface area contributed by atoms with Crippen molar-refractivity contribution >= 4 is 21.6 Å². The molecule has 0 bridgehead atoms. The number of ether oxygens (including phenoxy) is 2. The van der Waals surface area contributed by atoms with Gasteiger partial charge in [-0.25, -0.2) is 8.42 Å². The van der Waals surface area contributed by atoms with Crippen molar-refractivity contribution in [1.29, 1.82) is 0 Å². The Labute approximate surface area is 164 Å². The first-order chi connectivity index (χ1) is 13.5. The van der Waals surface area contributed by atoms with Crippen molar-refractivity contribution in [3.63, 3.8) is 0 Å². The third-order valence-corrected chi connectivity index (χ3v) is 6.70. The normalized spacial score (nSPS) is 17.8. The van der Waals surface area contributed by atoms with E-state index in [-0.39, 0.29) is 11.7 Å². The average molecular weight is 402 g/mol. The van der Waals surface area contributed by atoms with Crippen molar-refractivity contribution in [2.75, 3.05) is 29.8 Å². The molecule has 0 unspecified atom stereocenters. The highest BCUT2D eigenvalue weighted by Gasteiger charge is 2.26. The van der Waals surface area contributed by atoms with Gasteiger partial charge in [0.2, 0.25) is 10.0 Å². The van der Waals surface area contributed by atoms with E-state index >= 15 is 0 Å². The summed E-state index contributed by atoms with van der Waals surface area (Å²) in [6.07, 6.45) is 1.54. The topological polar surface area (TPSA) is 84.9 Å². The van der Waals surface area contributed by atoms with Crippen molar-refractivity contribution in [3.05, 3.63) is 53.6 Å². The van der Waals surface area contributed by atoms with Gasteiger partial charge in [-0.1, -0.05) is 6.07 Å². The number of sulfonamides is 1. The number of nitrogens with zero attached hydrogens (tertiary/aromatic N) is 1. The molecule has 0 saturated carbocycles. The molecule has 4 rings (SSSR count). The van der Waals surface area contributed by atoms with Crippen LogP contribution in [0.3, 0.4) is 0 Å². The van der Waals surface area contributed by atoms with Crippen LogP contribution in [0.2, 0.25) is 0 Å². The van der Waals surface area contributed by atoms with E-state index in [2.05, 4.69) is 5.32 Å². The van der Waals surface area contributed by atoms with E-state index in [0.717, 1.165) is 12.0 Å². The summed E-state index contributed by atoms with van der Waals surface area (Å²) in [4.78, 5) is 12.4. The fourth-order valence-electron chi connectivity index (χ4n) is 3.34. The Hall–Kier alpha value is -2.74. The Morgan fingerprint density at radius 1 is 1.00 bits per heavy atom. The molecule has 28 heavy (non-hydrogen) atoms. The molecule has 2 aliphatic heterocycles. The molecule has 2 heterocycles. The molecule has 2 aliphatic rings. The van der Waals surface area contributed by atoms with Crippen molar-refractivity contribution in [1.82, 2.24) is 5.32 Å². The van der Waals surface area contributed by atoms with Crippen molar-refractivity contribution < 1.29 is 22.7 Å². The molecule has 1 saturated heterocycles. The first kappa shape index (κ1) is 18.6. The molecule has 1 amide bonds. The Bertz CT molecular complexity index is 973. The summed E-state index contributed by atoms with van der Waals surface area (Å²) in [7, 11) is -3.25. The van der Waals surface area contributed by atoms with E-state index in [4.69, 9.17) is 9.47 Å².